The number of carbonyl (C=O) groups excluding carboxylic acids is 1. The van der Waals surface area contributed by atoms with Crippen molar-refractivity contribution in [2.45, 2.75) is 20.0 Å². The van der Waals surface area contributed by atoms with E-state index >= 15 is 0 Å². The lowest BCUT2D eigenvalue weighted by molar-refractivity contribution is -0.137. The van der Waals surface area contributed by atoms with E-state index in [9.17, 15) is 18.0 Å². The molecule has 0 spiro atoms. The van der Waals surface area contributed by atoms with Gasteiger partial charge in [-0.1, -0.05) is 12.1 Å². The topological polar surface area (TPSA) is 59.9 Å². The predicted octanol–water partition coefficient (Wildman–Crippen LogP) is 4.67. The molecule has 29 heavy (non-hydrogen) atoms. The molecule has 0 aromatic heterocycles. The lowest BCUT2D eigenvalue weighted by Crippen LogP contribution is -2.14. The third-order valence-corrected chi connectivity index (χ3v) is 3.62. The Bertz CT molecular complexity index is 876. The lowest BCUT2D eigenvalue weighted by atomic mass is 10.1. The maximum absolute atomic E-state index is 12.5. The Balaban J connectivity index is 1.95. The van der Waals surface area contributed by atoms with E-state index in [0.717, 1.165) is 12.1 Å². The van der Waals surface area contributed by atoms with E-state index in [4.69, 9.17) is 9.47 Å². The fourth-order valence-corrected chi connectivity index (χ4v) is 2.31. The van der Waals surface area contributed by atoms with Crippen molar-refractivity contribution in [3.05, 3.63) is 65.2 Å². The minimum atomic E-state index is -4.39. The van der Waals surface area contributed by atoms with Crippen LogP contribution in [0, 0.1) is 0 Å². The van der Waals surface area contributed by atoms with Gasteiger partial charge in [-0.2, -0.15) is 18.3 Å². The largest absolute Gasteiger partial charge is 0.490 e. The fourth-order valence-electron chi connectivity index (χ4n) is 2.31. The summed E-state index contributed by atoms with van der Waals surface area (Å²) in [6.07, 6.45) is -0.363. The maximum Gasteiger partial charge on any atom is 0.416 e. The number of alkyl halides is 3. The summed E-state index contributed by atoms with van der Waals surface area (Å²) >= 11 is 0. The minimum absolute atomic E-state index is 0.463. The van der Waals surface area contributed by atoms with Crippen molar-refractivity contribution in [3.8, 4) is 11.5 Å². The number of benzene rings is 2. The molecule has 0 radical (unpaired) electrons. The molecule has 5 nitrogen and oxygen atoms in total. The summed E-state index contributed by atoms with van der Waals surface area (Å²) < 4.78 is 48.6. The number of ether oxygens (including phenoxy) is 2. The summed E-state index contributed by atoms with van der Waals surface area (Å²) in [5.74, 6) is 0.680. The van der Waals surface area contributed by atoms with Gasteiger partial charge in [0.1, 0.15) is 0 Å². The highest BCUT2D eigenvalue weighted by Crippen LogP contribution is 2.29. The summed E-state index contributed by atoms with van der Waals surface area (Å²) in [5, 5.41) is 3.86. The summed E-state index contributed by atoms with van der Waals surface area (Å²) in [6.45, 7) is 4.72. The molecule has 0 saturated carbocycles. The number of rotatable bonds is 8. The molecule has 2 aromatic carbocycles. The highest BCUT2D eigenvalue weighted by atomic mass is 19.4. The van der Waals surface area contributed by atoms with Crippen molar-refractivity contribution in [3.63, 3.8) is 0 Å². The van der Waals surface area contributed by atoms with Crippen molar-refractivity contribution < 1.29 is 27.4 Å². The van der Waals surface area contributed by atoms with Gasteiger partial charge in [-0.15, -0.1) is 0 Å². The lowest BCUT2D eigenvalue weighted by Gasteiger charge is -2.11. The SMILES string of the molecule is CCOc1ccc(/C=N/NC(=O)/C=C/c2ccc(C(F)(F)F)cc2)cc1OCC. The number of hydrogen-bond acceptors (Lipinski definition) is 4. The molecule has 2 rings (SSSR count). The molecule has 2 aromatic rings. The quantitative estimate of drug-likeness (QED) is 0.394. The van der Waals surface area contributed by atoms with Crippen molar-refractivity contribution in [2.24, 2.45) is 5.10 Å². The number of hydrazone groups is 1. The summed E-state index contributed by atoms with van der Waals surface area (Å²) in [6, 6.07) is 9.73. The second-order valence-corrected chi connectivity index (χ2v) is 5.76. The number of halogens is 3. The molecular weight excluding hydrogens is 385 g/mol. The molecule has 0 aliphatic rings. The summed E-state index contributed by atoms with van der Waals surface area (Å²) in [5.41, 5.74) is 2.74. The van der Waals surface area contributed by atoms with Crippen LogP contribution in [-0.4, -0.2) is 25.3 Å². The van der Waals surface area contributed by atoms with E-state index in [0.29, 0.717) is 35.8 Å². The number of nitrogens with one attached hydrogen (secondary N) is 1. The first kappa shape index (κ1) is 22.0. The van der Waals surface area contributed by atoms with Crippen LogP contribution in [0.5, 0.6) is 11.5 Å². The van der Waals surface area contributed by atoms with Gasteiger partial charge in [-0.25, -0.2) is 5.43 Å². The first-order valence-electron chi connectivity index (χ1n) is 8.91. The Kier molecular flexibility index (Phi) is 7.82. The predicted molar refractivity (Wildman–Crippen MR) is 105 cm³/mol. The van der Waals surface area contributed by atoms with Crippen LogP contribution in [0.2, 0.25) is 0 Å². The zero-order chi connectivity index (χ0) is 21.3. The molecule has 1 amide bonds. The number of carbonyl (C=O) groups is 1. The van der Waals surface area contributed by atoms with Crippen LogP contribution < -0.4 is 14.9 Å². The van der Waals surface area contributed by atoms with Crippen molar-refractivity contribution in [2.75, 3.05) is 13.2 Å². The highest BCUT2D eigenvalue weighted by Gasteiger charge is 2.29. The van der Waals surface area contributed by atoms with Gasteiger partial charge in [0.25, 0.3) is 5.91 Å². The molecule has 0 saturated heterocycles. The van der Waals surface area contributed by atoms with E-state index in [1.54, 1.807) is 18.2 Å². The molecule has 1 N–H and O–H groups in total. The van der Waals surface area contributed by atoms with Crippen LogP contribution in [0.15, 0.2) is 53.6 Å². The molecule has 154 valence electrons. The van der Waals surface area contributed by atoms with Crippen LogP contribution >= 0.6 is 0 Å². The number of hydrogen-bond donors (Lipinski definition) is 1. The average molecular weight is 406 g/mol. The molecule has 0 unspecified atom stereocenters. The van der Waals surface area contributed by atoms with Gasteiger partial charge in [-0.3, -0.25) is 4.79 Å². The standard InChI is InChI=1S/C21H21F3N2O3/c1-3-28-18-11-7-16(13-19(18)29-4-2)14-25-26-20(27)12-8-15-5-9-17(10-6-15)21(22,23)24/h5-14H,3-4H2,1-2H3,(H,26,27)/b12-8+,25-14+. The van der Waals surface area contributed by atoms with Gasteiger partial charge in [0.05, 0.1) is 25.0 Å². The smallest absolute Gasteiger partial charge is 0.416 e. The van der Waals surface area contributed by atoms with E-state index in [2.05, 4.69) is 10.5 Å². The van der Waals surface area contributed by atoms with Gasteiger partial charge in [0, 0.05) is 6.08 Å². The first-order valence-corrected chi connectivity index (χ1v) is 8.91. The van der Waals surface area contributed by atoms with Gasteiger partial charge in [0.2, 0.25) is 0 Å². The fraction of sp³-hybridized carbons (Fsp3) is 0.238. The molecule has 8 heteroatoms. The Morgan fingerprint density at radius 2 is 1.62 bits per heavy atom. The van der Waals surface area contributed by atoms with Crippen molar-refractivity contribution >= 4 is 18.2 Å². The van der Waals surface area contributed by atoms with Gasteiger partial charge >= 0.3 is 6.18 Å². The Hall–Kier alpha value is -3.29. The minimum Gasteiger partial charge on any atom is -0.490 e. The molecular formula is C21H21F3N2O3. The zero-order valence-corrected chi connectivity index (χ0v) is 16.0. The third-order valence-electron chi connectivity index (χ3n) is 3.62. The van der Waals surface area contributed by atoms with Gasteiger partial charge in [-0.05, 0) is 61.4 Å². The van der Waals surface area contributed by atoms with Crippen LogP contribution in [0.3, 0.4) is 0 Å². The zero-order valence-electron chi connectivity index (χ0n) is 16.0. The van der Waals surface area contributed by atoms with Crippen LogP contribution in [0.4, 0.5) is 13.2 Å². The number of amides is 1. The monoisotopic (exact) mass is 406 g/mol. The van der Waals surface area contributed by atoms with Crippen LogP contribution in [0.1, 0.15) is 30.5 Å². The maximum atomic E-state index is 12.5. The number of nitrogens with zero attached hydrogens (tertiary/aromatic N) is 1. The van der Waals surface area contributed by atoms with Crippen molar-refractivity contribution in [1.29, 1.82) is 0 Å². The van der Waals surface area contributed by atoms with E-state index in [1.807, 2.05) is 13.8 Å². The average Bonchev–Trinajstić information content (AvgIpc) is 2.68. The molecule has 0 fully saturated rings. The van der Waals surface area contributed by atoms with E-state index in [-0.39, 0.29) is 0 Å². The first-order chi connectivity index (χ1) is 13.8. The molecule has 0 heterocycles. The Morgan fingerprint density at radius 3 is 2.24 bits per heavy atom. The Labute approximate surface area is 166 Å². The molecule has 0 aliphatic carbocycles. The molecule has 0 bridgehead atoms. The normalized spacial score (nSPS) is 11.8. The second kappa shape index (κ2) is 10.3. The van der Waals surface area contributed by atoms with Gasteiger partial charge in [0.15, 0.2) is 11.5 Å². The van der Waals surface area contributed by atoms with E-state index < -0.39 is 17.6 Å². The van der Waals surface area contributed by atoms with Crippen LogP contribution in [-0.2, 0) is 11.0 Å². The Morgan fingerprint density at radius 1 is 1.00 bits per heavy atom. The van der Waals surface area contributed by atoms with Crippen LogP contribution in [0.25, 0.3) is 6.08 Å². The summed E-state index contributed by atoms with van der Waals surface area (Å²) in [7, 11) is 0. The molecule has 0 atom stereocenters. The van der Waals surface area contributed by atoms with Crippen molar-refractivity contribution in [1.82, 2.24) is 5.43 Å². The third kappa shape index (κ3) is 6.99. The van der Waals surface area contributed by atoms with Gasteiger partial charge < -0.3 is 9.47 Å². The molecule has 0 aliphatic heterocycles. The summed E-state index contributed by atoms with van der Waals surface area (Å²) in [4.78, 5) is 11.8. The van der Waals surface area contributed by atoms with E-state index in [1.165, 1.54) is 30.5 Å². The second-order valence-electron chi connectivity index (χ2n) is 5.76. The highest BCUT2D eigenvalue weighted by molar-refractivity contribution is 5.92.